The summed E-state index contributed by atoms with van der Waals surface area (Å²) in [4.78, 5) is 35.9. The molecule has 1 saturated heterocycles. The van der Waals surface area contributed by atoms with E-state index in [0.29, 0.717) is 12.8 Å². The van der Waals surface area contributed by atoms with Gasteiger partial charge in [-0.25, -0.2) is 4.79 Å². The Bertz CT molecular complexity index is 539. The van der Waals surface area contributed by atoms with Gasteiger partial charge in [-0.15, -0.1) is 0 Å². The smallest absolute Gasteiger partial charge is 0.332 e. The quantitative estimate of drug-likeness (QED) is 0.695. The Morgan fingerprint density at radius 1 is 1.42 bits per heavy atom. The standard InChI is InChI=1S/C12H14N2O5/c15-10-3-1-2-8(14-10)11(16)13-6-7-4-5-9(19-7)12(17)18/h1-3,7,9H,4-6H2,(H,13,16)(H,14,15)(H,17,18). The molecule has 0 spiro atoms. The Labute approximate surface area is 108 Å². The van der Waals surface area contributed by atoms with Gasteiger partial charge in [-0.1, -0.05) is 6.07 Å². The number of aromatic amines is 1. The number of aliphatic carboxylic acids is 1. The molecule has 2 atom stereocenters. The Morgan fingerprint density at radius 2 is 2.21 bits per heavy atom. The summed E-state index contributed by atoms with van der Waals surface area (Å²) in [6.45, 7) is 0.222. The zero-order chi connectivity index (χ0) is 13.8. The minimum absolute atomic E-state index is 0.167. The molecule has 102 valence electrons. The van der Waals surface area contributed by atoms with E-state index in [2.05, 4.69) is 10.3 Å². The second kappa shape index (κ2) is 5.66. The van der Waals surface area contributed by atoms with Crippen molar-refractivity contribution in [3.63, 3.8) is 0 Å². The summed E-state index contributed by atoms with van der Waals surface area (Å²) in [6.07, 6.45) is -0.0699. The fraction of sp³-hybridized carbons (Fsp3) is 0.417. The van der Waals surface area contributed by atoms with Crippen molar-refractivity contribution >= 4 is 11.9 Å². The highest BCUT2D eigenvalue weighted by molar-refractivity contribution is 5.92. The first-order valence-corrected chi connectivity index (χ1v) is 5.92. The number of H-pyrrole nitrogens is 1. The number of hydrogen-bond acceptors (Lipinski definition) is 4. The molecule has 7 nitrogen and oxygen atoms in total. The number of nitrogens with one attached hydrogen (secondary N) is 2. The SMILES string of the molecule is O=C(NCC1CCC(C(=O)O)O1)c1cccc(=O)[nH]1. The van der Waals surface area contributed by atoms with Crippen LogP contribution in [0.3, 0.4) is 0 Å². The monoisotopic (exact) mass is 266 g/mol. The molecule has 1 aromatic rings. The average Bonchev–Trinajstić information content (AvgIpc) is 2.85. The molecule has 1 aliphatic rings. The summed E-state index contributed by atoms with van der Waals surface area (Å²) >= 11 is 0. The molecule has 1 aromatic heterocycles. The molecule has 1 amide bonds. The lowest BCUT2D eigenvalue weighted by Crippen LogP contribution is -2.34. The first-order chi connectivity index (χ1) is 9.06. The predicted molar refractivity (Wildman–Crippen MR) is 64.9 cm³/mol. The van der Waals surface area contributed by atoms with E-state index in [0.717, 1.165) is 0 Å². The van der Waals surface area contributed by atoms with Gasteiger partial charge in [0.25, 0.3) is 5.91 Å². The van der Waals surface area contributed by atoms with Gasteiger partial charge >= 0.3 is 5.97 Å². The van der Waals surface area contributed by atoms with Crippen molar-refractivity contribution in [1.82, 2.24) is 10.3 Å². The van der Waals surface area contributed by atoms with Gasteiger partial charge in [0.1, 0.15) is 5.69 Å². The van der Waals surface area contributed by atoms with Crippen LogP contribution in [-0.4, -0.2) is 40.7 Å². The van der Waals surface area contributed by atoms with Crippen molar-refractivity contribution in [3.8, 4) is 0 Å². The molecule has 0 bridgehead atoms. The highest BCUT2D eigenvalue weighted by atomic mass is 16.5. The van der Waals surface area contributed by atoms with Crippen molar-refractivity contribution in [2.24, 2.45) is 0 Å². The van der Waals surface area contributed by atoms with E-state index < -0.39 is 18.0 Å². The second-order valence-corrected chi connectivity index (χ2v) is 4.30. The van der Waals surface area contributed by atoms with Crippen LogP contribution in [0.2, 0.25) is 0 Å². The minimum atomic E-state index is -0.985. The Hall–Kier alpha value is -2.15. The summed E-state index contributed by atoms with van der Waals surface area (Å²) < 4.78 is 5.25. The molecule has 19 heavy (non-hydrogen) atoms. The third kappa shape index (κ3) is 3.41. The van der Waals surface area contributed by atoms with E-state index in [1.165, 1.54) is 18.2 Å². The van der Waals surface area contributed by atoms with Gasteiger partial charge in [0.15, 0.2) is 6.10 Å². The Morgan fingerprint density at radius 3 is 2.84 bits per heavy atom. The number of hydrogen-bond donors (Lipinski definition) is 3. The molecular formula is C12H14N2O5. The first kappa shape index (κ1) is 13.3. The van der Waals surface area contributed by atoms with Gasteiger partial charge in [-0.3, -0.25) is 9.59 Å². The van der Waals surface area contributed by atoms with E-state index in [-0.39, 0.29) is 23.9 Å². The number of carboxylic acid groups (broad SMARTS) is 1. The van der Waals surface area contributed by atoms with E-state index >= 15 is 0 Å². The van der Waals surface area contributed by atoms with Crippen LogP contribution in [0.1, 0.15) is 23.3 Å². The minimum Gasteiger partial charge on any atom is -0.479 e. The molecule has 0 aromatic carbocycles. The fourth-order valence-corrected chi connectivity index (χ4v) is 1.92. The first-order valence-electron chi connectivity index (χ1n) is 5.92. The van der Waals surface area contributed by atoms with Crippen LogP contribution in [0.25, 0.3) is 0 Å². The molecule has 0 radical (unpaired) electrons. The summed E-state index contributed by atoms with van der Waals surface area (Å²) in [5.41, 5.74) is -0.184. The zero-order valence-corrected chi connectivity index (χ0v) is 10.1. The van der Waals surface area contributed by atoms with Crippen LogP contribution in [0.15, 0.2) is 23.0 Å². The molecular weight excluding hydrogens is 252 g/mol. The van der Waals surface area contributed by atoms with Gasteiger partial charge in [0.05, 0.1) is 6.10 Å². The van der Waals surface area contributed by atoms with Gasteiger partial charge in [0, 0.05) is 12.6 Å². The van der Waals surface area contributed by atoms with Crippen LogP contribution in [0.5, 0.6) is 0 Å². The van der Waals surface area contributed by atoms with Gasteiger partial charge in [-0.2, -0.15) is 0 Å². The average molecular weight is 266 g/mol. The van der Waals surface area contributed by atoms with Gasteiger partial charge in [-0.05, 0) is 18.9 Å². The maximum absolute atomic E-state index is 11.7. The largest absolute Gasteiger partial charge is 0.479 e. The third-order valence-corrected chi connectivity index (χ3v) is 2.89. The normalized spacial score (nSPS) is 22.1. The second-order valence-electron chi connectivity index (χ2n) is 4.30. The number of amides is 1. The Kier molecular flexibility index (Phi) is 3.96. The van der Waals surface area contributed by atoms with Crippen molar-refractivity contribution in [3.05, 3.63) is 34.2 Å². The molecule has 0 aliphatic carbocycles. The lowest BCUT2D eigenvalue weighted by Gasteiger charge is -2.12. The molecule has 2 heterocycles. The highest BCUT2D eigenvalue weighted by Gasteiger charge is 2.30. The Balaban J connectivity index is 1.85. The van der Waals surface area contributed by atoms with Crippen LogP contribution >= 0.6 is 0 Å². The molecule has 3 N–H and O–H groups in total. The predicted octanol–water partition coefficient (Wildman–Crippen LogP) is -0.263. The zero-order valence-electron chi connectivity index (χ0n) is 10.1. The van der Waals surface area contributed by atoms with Crippen LogP contribution < -0.4 is 10.9 Å². The third-order valence-electron chi connectivity index (χ3n) is 2.89. The van der Waals surface area contributed by atoms with Crippen molar-refractivity contribution in [2.75, 3.05) is 6.54 Å². The molecule has 0 saturated carbocycles. The summed E-state index contributed by atoms with van der Waals surface area (Å²) in [7, 11) is 0. The van der Waals surface area contributed by atoms with Crippen LogP contribution in [0.4, 0.5) is 0 Å². The molecule has 7 heteroatoms. The van der Waals surface area contributed by atoms with E-state index in [4.69, 9.17) is 9.84 Å². The topological polar surface area (TPSA) is 108 Å². The van der Waals surface area contributed by atoms with Gasteiger partial charge < -0.3 is 20.1 Å². The number of carboxylic acids is 1. The maximum Gasteiger partial charge on any atom is 0.332 e. The number of carbonyl (C=O) groups excluding carboxylic acids is 1. The van der Waals surface area contributed by atoms with Crippen molar-refractivity contribution in [2.45, 2.75) is 25.0 Å². The van der Waals surface area contributed by atoms with E-state index in [1.54, 1.807) is 0 Å². The van der Waals surface area contributed by atoms with E-state index in [1.807, 2.05) is 0 Å². The summed E-state index contributed by atoms with van der Waals surface area (Å²) in [5, 5.41) is 11.4. The fourth-order valence-electron chi connectivity index (χ4n) is 1.92. The van der Waals surface area contributed by atoms with Crippen LogP contribution in [0, 0.1) is 0 Å². The number of ether oxygens (including phenoxy) is 1. The lowest BCUT2D eigenvalue weighted by molar-refractivity contribution is -0.149. The van der Waals surface area contributed by atoms with E-state index in [9.17, 15) is 14.4 Å². The van der Waals surface area contributed by atoms with Crippen molar-refractivity contribution in [1.29, 1.82) is 0 Å². The number of aromatic nitrogens is 1. The number of rotatable bonds is 4. The van der Waals surface area contributed by atoms with Gasteiger partial charge in [0.2, 0.25) is 5.56 Å². The molecule has 2 unspecified atom stereocenters. The number of carbonyl (C=O) groups is 2. The molecule has 2 rings (SSSR count). The lowest BCUT2D eigenvalue weighted by atomic mass is 10.2. The summed E-state index contributed by atoms with van der Waals surface area (Å²) in [6, 6.07) is 4.29. The highest BCUT2D eigenvalue weighted by Crippen LogP contribution is 2.19. The molecule has 1 fully saturated rings. The van der Waals surface area contributed by atoms with Crippen molar-refractivity contribution < 1.29 is 19.4 Å². The molecule has 1 aliphatic heterocycles. The maximum atomic E-state index is 11.7. The van der Waals surface area contributed by atoms with Crippen LogP contribution in [-0.2, 0) is 9.53 Å². The number of pyridine rings is 1. The summed E-state index contributed by atoms with van der Waals surface area (Å²) in [5.74, 6) is -1.40.